The topological polar surface area (TPSA) is 92.8 Å². The molecule has 1 N–H and O–H groups in total. The van der Waals surface area contributed by atoms with Crippen LogP contribution in [0, 0.1) is 5.92 Å². The molecule has 0 spiro atoms. The van der Waals surface area contributed by atoms with Gasteiger partial charge < -0.3 is 14.2 Å². The second-order valence-electron chi connectivity index (χ2n) is 5.90. The van der Waals surface area contributed by atoms with Crippen molar-refractivity contribution in [1.29, 1.82) is 0 Å². The van der Waals surface area contributed by atoms with Crippen LogP contribution in [-0.2, 0) is 21.4 Å². The summed E-state index contributed by atoms with van der Waals surface area (Å²) in [7, 11) is -3.17. The molecule has 1 fully saturated rings. The summed E-state index contributed by atoms with van der Waals surface area (Å²) in [6, 6.07) is 7.17. The molecular formula is C16H20N2O5S. The molecule has 3 rings (SSSR count). The van der Waals surface area contributed by atoms with E-state index in [1.807, 2.05) is 0 Å². The zero-order chi connectivity index (χ0) is 17.2. The Morgan fingerprint density at radius 2 is 2.00 bits per heavy atom. The van der Waals surface area contributed by atoms with Gasteiger partial charge in [-0.05, 0) is 37.1 Å². The van der Waals surface area contributed by atoms with Gasteiger partial charge in [0.25, 0.3) is 0 Å². The number of amides is 1. The molecule has 0 atom stereocenters. The van der Waals surface area contributed by atoms with Crippen LogP contribution in [0.15, 0.2) is 39.4 Å². The van der Waals surface area contributed by atoms with Gasteiger partial charge in [-0.2, -0.15) is 0 Å². The molecule has 2 aromatic rings. The monoisotopic (exact) mass is 352 g/mol. The maximum atomic E-state index is 12.2. The first-order chi connectivity index (χ1) is 11.4. The van der Waals surface area contributed by atoms with E-state index in [1.165, 1.54) is 10.6 Å². The lowest BCUT2D eigenvalue weighted by Crippen LogP contribution is -2.42. The molecule has 0 aromatic carbocycles. The van der Waals surface area contributed by atoms with Crippen LogP contribution < -0.4 is 5.32 Å². The van der Waals surface area contributed by atoms with E-state index in [1.54, 1.807) is 30.5 Å². The van der Waals surface area contributed by atoms with Crippen LogP contribution in [-0.4, -0.2) is 38.0 Å². The highest BCUT2D eigenvalue weighted by atomic mass is 32.2. The highest BCUT2D eigenvalue weighted by Crippen LogP contribution is 2.23. The van der Waals surface area contributed by atoms with E-state index in [0.29, 0.717) is 49.8 Å². The van der Waals surface area contributed by atoms with Crippen LogP contribution in [0.25, 0.3) is 11.5 Å². The molecule has 24 heavy (non-hydrogen) atoms. The lowest BCUT2D eigenvalue weighted by atomic mass is 9.97. The molecule has 8 heteroatoms. The van der Waals surface area contributed by atoms with Crippen LogP contribution in [0.1, 0.15) is 18.6 Å². The first-order valence-electron chi connectivity index (χ1n) is 7.79. The molecule has 7 nitrogen and oxygen atoms in total. The first kappa shape index (κ1) is 16.8. The molecular weight excluding hydrogens is 332 g/mol. The van der Waals surface area contributed by atoms with Gasteiger partial charge in [0.05, 0.1) is 19.1 Å². The van der Waals surface area contributed by atoms with Crippen molar-refractivity contribution in [3.8, 4) is 11.5 Å². The minimum absolute atomic E-state index is 0.0703. The van der Waals surface area contributed by atoms with E-state index in [-0.39, 0.29) is 11.8 Å². The van der Waals surface area contributed by atoms with Crippen molar-refractivity contribution in [1.82, 2.24) is 9.62 Å². The number of nitrogens with zero attached hydrogens (tertiary/aromatic N) is 1. The van der Waals surface area contributed by atoms with E-state index in [9.17, 15) is 13.2 Å². The van der Waals surface area contributed by atoms with Crippen LogP contribution in [0.5, 0.6) is 0 Å². The lowest BCUT2D eigenvalue weighted by Gasteiger charge is -2.29. The Balaban J connectivity index is 1.50. The second-order valence-corrected chi connectivity index (χ2v) is 7.88. The average Bonchev–Trinajstić information content (AvgIpc) is 3.23. The number of hydrogen-bond donors (Lipinski definition) is 1. The molecule has 0 radical (unpaired) electrons. The van der Waals surface area contributed by atoms with Crippen molar-refractivity contribution >= 4 is 15.9 Å². The third-order valence-electron chi connectivity index (χ3n) is 4.16. The normalized spacial score (nSPS) is 17.0. The van der Waals surface area contributed by atoms with Crippen LogP contribution in [0.2, 0.25) is 0 Å². The van der Waals surface area contributed by atoms with Crippen molar-refractivity contribution < 1.29 is 22.0 Å². The highest BCUT2D eigenvalue weighted by molar-refractivity contribution is 7.88. The van der Waals surface area contributed by atoms with Gasteiger partial charge in [-0.15, -0.1) is 0 Å². The fourth-order valence-electron chi connectivity index (χ4n) is 2.79. The molecule has 1 aliphatic heterocycles. The van der Waals surface area contributed by atoms with Crippen molar-refractivity contribution in [3.63, 3.8) is 0 Å². The number of rotatable bonds is 5. The first-order valence-corrected chi connectivity index (χ1v) is 9.64. The van der Waals surface area contributed by atoms with E-state index < -0.39 is 10.0 Å². The molecule has 0 unspecified atom stereocenters. The van der Waals surface area contributed by atoms with Crippen molar-refractivity contribution in [2.24, 2.45) is 5.92 Å². The highest BCUT2D eigenvalue weighted by Gasteiger charge is 2.28. The van der Waals surface area contributed by atoms with Crippen LogP contribution >= 0.6 is 0 Å². The minimum atomic E-state index is -3.17. The number of nitrogens with one attached hydrogen (secondary N) is 1. The third kappa shape index (κ3) is 3.88. The van der Waals surface area contributed by atoms with Crippen molar-refractivity contribution in [3.05, 3.63) is 36.3 Å². The van der Waals surface area contributed by atoms with Gasteiger partial charge in [-0.3, -0.25) is 4.79 Å². The molecule has 1 saturated heterocycles. The Morgan fingerprint density at radius 1 is 1.25 bits per heavy atom. The van der Waals surface area contributed by atoms with Gasteiger partial charge >= 0.3 is 0 Å². The Bertz CT molecular complexity index is 786. The average molecular weight is 352 g/mol. The maximum absolute atomic E-state index is 12.2. The summed E-state index contributed by atoms with van der Waals surface area (Å²) in [5.74, 6) is 1.66. The number of carbonyl (C=O) groups is 1. The number of piperidine rings is 1. The number of carbonyl (C=O) groups excluding carboxylic acids is 1. The molecule has 0 saturated carbocycles. The standard InChI is InChI=1S/C16H20N2O5S/c1-24(20,21)18-8-6-12(7-9-18)16(19)17-11-13-4-5-15(23-13)14-3-2-10-22-14/h2-5,10,12H,6-9,11H2,1H3,(H,17,19). The van der Waals surface area contributed by atoms with Gasteiger partial charge in [-0.1, -0.05) is 0 Å². The summed E-state index contributed by atoms with van der Waals surface area (Å²) in [5.41, 5.74) is 0. The zero-order valence-electron chi connectivity index (χ0n) is 13.4. The van der Waals surface area contributed by atoms with Crippen LogP contribution in [0.4, 0.5) is 0 Å². The SMILES string of the molecule is CS(=O)(=O)N1CCC(C(=O)NCc2ccc(-c3ccco3)o2)CC1. The number of furan rings is 2. The summed E-state index contributed by atoms with van der Waals surface area (Å²) < 4.78 is 35.3. The fraction of sp³-hybridized carbons (Fsp3) is 0.438. The van der Waals surface area contributed by atoms with Gasteiger partial charge in [0, 0.05) is 19.0 Å². The van der Waals surface area contributed by atoms with Gasteiger partial charge in [0.15, 0.2) is 11.5 Å². The van der Waals surface area contributed by atoms with E-state index >= 15 is 0 Å². The minimum Gasteiger partial charge on any atom is -0.461 e. The predicted molar refractivity (Wildman–Crippen MR) is 87.4 cm³/mol. The molecule has 0 aliphatic carbocycles. The quantitative estimate of drug-likeness (QED) is 0.886. The van der Waals surface area contributed by atoms with E-state index in [2.05, 4.69) is 5.32 Å². The maximum Gasteiger partial charge on any atom is 0.223 e. The Hall–Kier alpha value is -2.06. The Kier molecular flexibility index (Phi) is 4.77. The molecule has 1 amide bonds. The summed E-state index contributed by atoms with van der Waals surface area (Å²) in [5, 5.41) is 2.85. The zero-order valence-corrected chi connectivity index (χ0v) is 14.2. The smallest absolute Gasteiger partial charge is 0.223 e. The van der Waals surface area contributed by atoms with Gasteiger partial charge in [0.2, 0.25) is 15.9 Å². The van der Waals surface area contributed by atoms with Gasteiger partial charge in [0.1, 0.15) is 5.76 Å². The molecule has 3 heterocycles. The van der Waals surface area contributed by atoms with Gasteiger partial charge in [-0.25, -0.2) is 12.7 Å². The summed E-state index contributed by atoms with van der Waals surface area (Å²) >= 11 is 0. The predicted octanol–water partition coefficient (Wildman–Crippen LogP) is 1.83. The largest absolute Gasteiger partial charge is 0.461 e. The number of sulfonamides is 1. The Morgan fingerprint density at radius 3 is 2.62 bits per heavy atom. The Labute approximate surface area is 140 Å². The molecule has 2 aromatic heterocycles. The third-order valence-corrected chi connectivity index (χ3v) is 5.46. The lowest BCUT2D eigenvalue weighted by molar-refractivity contribution is -0.126. The van der Waals surface area contributed by atoms with E-state index in [4.69, 9.17) is 8.83 Å². The van der Waals surface area contributed by atoms with Crippen LogP contribution in [0.3, 0.4) is 0 Å². The van der Waals surface area contributed by atoms with Crippen molar-refractivity contribution in [2.75, 3.05) is 19.3 Å². The summed E-state index contributed by atoms with van der Waals surface area (Å²) in [6.45, 7) is 1.08. The van der Waals surface area contributed by atoms with E-state index in [0.717, 1.165) is 0 Å². The van der Waals surface area contributed by atoms with Crippen molar-refractivity contribution in [2.45, 2.75) is 19.4 Å². The molecule has 0 bridgehead atoms. The second kappa shape index (κ2) is 6.82. The summed E-state index contributed by atoms with van der Waals surface area (Å²) in [6.07, 6.45) is 3.84. The molecule has 130 valence electrons. The summed E-state index contributed by atoms with van der Waals surface area (Å²) in [4.78, 5) is 12.2. The fourth-order valence-corrected chi connectivity index (χ4v) is 3.67. The number of hydrogen-bond acceptors (Lipinski definition) is 5. The molecule has 1 aliphatic rings.